The molecular formula is C36H44N4O6. The van der Waals surface area contributed by atoms with Crippen LogP contribution in [-0.2, 0) is 37.1 Å². The van der Waals surface area contributed by atoms with Crippen LogP contribution in [0.5, 0.6) is 0 Å². The molecule has 46 heavy (non-hydrogen) atoms. The van der Waals surface area contributed by atoms with Crippen LogP contribution in [0.4, 0.5) is 4.79 Å². The van der Waals surface area contributed by atoms with E-state index in [-0.39, 0.29) is 37.4 Å². The van der Waals surface area contributed by atoms with E-state index in [1.165, 1.54) is 4.90 Å². The molecule has 0 aromatic heterocycles. The van der Waals surface area contributed by atoms with Crippen molar-refractivity contribution in [1.29, 1.82) is 0 Å². The fourth-order valence-electron chi connectivity index (χ4n) is 5.35. The molecule has 3 aromatic rings. The summed E-state index contributed by atoms with van der Waals surface area (Å²) >= 11 is 0. The van der Waals surface area contributed by atoms with Gasteiger partial charge in [-0.1, -0.05) is 101 Å². The molecular weight excluding hydrogens is 584 g/mol. The maximum absolute atomic E-state index is 13.4. The number of hydrogen-bond acceptors (Lipinski definition) is 6. The highest BCUT2D eigenvalue weighted by molar-refractivity contribution is 6.38. The number of nitrogens with one attached hydrogen (secondary N) is 3. The van der Waals surface area contributed by atoms with Crippen molar-refractivity contribution in [2.75, 3.05) is 13.1 Å². The molecule has 3 aromatic carbocycles. The fourth-order valence-corrected chi connectivity index (χ4v) is 5.35. The van der Waals surface area contributed by atoms with E-state index in [4.69, 9.17) is 4.74 Å². The van der Waals surface area contributed by atoms with E-state index in [1.54, 1.807) is 6.92 Å². The number of benzene rings is 3. The number of ketones is 1. The molecule has 3 unspecified atom stereocenters. The molecule has 0 aliphatic carbocycles. The monoisotopic (exact) mass is 628 g/mol. The quantitative estimate of drug-likeness (QED) is 0.227. The molecule has 1 fully saturated rings. The number of nitrogens with zero attached hydrogens (tertiary/aromatic N) is 1. The van der Waals surface area contributed by atoms with Crippen LogP contribution >= 0.6 is 0 Å². The van der Waals surface area contributed by atoms with Crippen LogP contribution in [0.2, 0.25) is 0 Å². The SMILES string of the molecule is CCC(C)C(NC(=O)C(CC(C)C)NC(=O)OCc1ccccc1)C(=O)C(=O)N1CC(C(=O)NCc2ccc3ccccc3c2)C1. The highest BCUT2D eigenvalue weighted by atomic mass is 16.5. The summed E-state index contributed by atoms with van der Waals surface area (Å²) < 4.78 is 5.30. The molecule has 0 spiro atoms. The van der Waals surface area contributed by atoms with Gasteiger partial charge < -0.3 is 25.6 Å². The van der Waals surface area contributed by atoms with Crippen LogP contribution in [0.1, 0.15) is 51.7 Å². The van der Waals surface area contributed by atoms with E-state index in [0.29, 0.717) is 19.4 Å². The van der Waals surface area contributed by atoms with E-state index in [2.05, 4.69) is 16.0 Å². The summed E-state index contributed by atoms with van der Waals surface area (Å²) in [6.45, 7) is 8.14. The zero-order valence-electron chi connectivity index (χ0n) is 27.0. The second-order valence-corrected chi connectivity index (χ2v) is 12.4. The normalized spacial score (nSPS) is 14.9. The number of Topliss-reactive ketones (excluding diaryl/α,β-unsaturated/α-hetero) is 1. The third-order valence-electron chi connectivity index (χ3n) is 8.35. The molecule has 0 bridgehead atoms. The molecule has 4 rings (SSSR count). The Morgan fingerprint density at radius 2 is 1.52 bits per heavy atom. The molecule has 1 aliphatic heterocycles. The molecule has 10 nitrogen and oxygen atoms in total. The summed E-state index contributed by atoms with van der Waals surface area (Å²) in [5, 5.41) is 10.5. The Labute approximate surface area is 270 Å². The van der Waals surface area contributed by atoms with Gasteiger partial charge in [0.2, 0.25) is 17.6 Å². The van der Waals surface area contributed by atoms with Crippen molar-refractivity contribution in [1.82, 2.24) is 20.9 Å². The maximum Gasteiger partial charge on any atom is 0.408 e. The summed E-state index contributed by atoms with van der Waals surface area (Å²) in [6, 6.07) is 21.1. The highest BCUT2D eigenvalue weighted by Gasteiger charge is 2.41. The smallest absolute Gasteiger partial charge is 0.408 e. The number of amides is 4. The summed E-state index contributed by atoms with van der Waals surface area (Å²) in [4.78, 5) is 66.7. The third kappa shape index (κ3) is 9.15. The predicted molar refractivity (Wildman–Crippen MR) is 175 cm³/mol. The molecule has 244 valence electrons. The van der Waals surface area contributed by atoms with Gasteiger partial charge in [0, 0.05) is 19.6 Å². The zero-order chi connectivity index (χ0) is 33.2. The van der Waals surface area contributed by atoms with Crippen LogP contribution < -0.4 is 16.0 Å². The number of rotatable bonds is 14. The molecule has 0 radical (unpaired) electrons. The number of hydrogen-bond donors (Lipinski definition) is 3. The third-order valence-corrected chi connectivity index (χ3v) is 8.35. The number of carbonyl (C=O) groups is 5. The molecule has 3 N–H and O–H groups in total. The van der Waals surface area contributed by atoms with Gasteiger partial charge in [-0.2, -0.15) is 0 Å². The Kier molecular flexibility index (Phi) is 11.9. The Morgan fingerprint density at radius 1 is 0.848 bits per heavy atom. The largest absolute Gasteiger partial charge is 0.445 e. The van der Waals surface area contributed by atoms with Gasteiger partial charge in [-0.25, -0.2) is 4.79 Å². The first-order valence-corrected chi connectivity index (χ1v) is 15.9. The number of carbonyl (C=O) groups excluding carboxylic acids is 5. The first-order valence-electron chi connectivity index (χ1n) is 15.9. The molecule has 10 heteroatoms. The van der Waals surface area contributed by atoms with Crippen molar-refractivity contribution >= 4 is 40.4 Å². The average molecular weight is 629 g/mol. The Morgan fingerprint density at radius 3 is 2.20 bits per heavy atom. The number of likely N-dealkylation sites (tertiary alicyclic amines) is 1. The average Bonchev–Trinajstić information content (AvgIpc) is 3.03. The summed E-state index contributed by atoms with van der Waals surface area (Å²) in [5.41, 5.74) is 1.77. The molecule has 3 atom stereocenters. The van der Waals surface area contributed by atoms with Crippen molar-refractivity contribution in [3.8, 4) is 0 Å². The lowest BCUT2D eigenvalue weighted by Gasteiger charge is -2.38. The van der Waals surface area contributed by atoms with Gasteiger partial charge in [-0.15, -0.1) is 0 Å². The molecule has 0 saturated carbocycles. The van der Waals surface area contributed by atoms with Gasteiger partial charge in [0.05, 0.1) is 12.0 Å². The van der Waals surface area contributed by atoms with Crippen molar-refractivity contribution in [2.45, 2.75) is 65.8 Å². The summed E-state index contributed by atoms with van der Waals surface area (Å²) in [5.74, 6) is -2.94. The van der Waals surface area contributed by atoms with Crippen LogP contribution in [0.25, 0.3) is 10.8 Å². The van der Waals surface area contributed by atoms with Crippen molar-refractivity contribution in [3.63, 3.8) is 0 Å². The van der Waals surface area contributed by atoms with Crippen molar-refractivity contribution in [2.24, 2.45) is 17.8 Å². The fraction of sp³-hybridized carbons (Fsp3) is 0.417. The highest BCUT2D eigenvalue weighted by Crippen LogP contribution is 2.20. The topological polar surface area (TPSA) is 134 Å². The lowest BCUT2D eigenvalue weighted by Crippen LogP contribution is -2.61. The minimum absolute atomic E-state index is 0.0451. The molecule has 1 aliphatic rings. The van der Waals surface area contributed by atoms with E-state index < -0.39 is 41.7 Å². The molecule has 1 heterocycles. The zero-order valence-corrected chi connectivity index (χ0v) is 27.0. The minimum atomic E-state index is -1.08. The Hall–Kier alpha value is -4.73. The number of alkyl carbamates (subject to hydrolysis) is 1. The van der Waals surface area contributed by atoms with Gasteiger partial charge in [0.1, 0.15) is 12.6 Å². The van der Waals surface area contributed by atoms with E-state index in [9.17, 15) is 24.0 Å². The standard InChI is InChI=1S/C36H44N4O6/c1-5-24(4)31(39-34(43)30(17-23(2)3)38-36(45)46-22-25-11-7-6-8-12-25)32(41)35(44)40-20-29(21-40)33(42)37-19-26-15-16-27-13-9-10-14-28(27)18-26/h6-16,18,23-24,29-31H,5,17,19-22H2,1-4H3,(H,37,42)(H,38,45)(H,39,43). The minimum Gasteiger partial charge on any atom is -0.445 e. The first kappa shape index (κ1) is 34.1. The van der Waals surface area contributed by atoms with Gasteiger partial charge in [-0.3, -0.25) is 19.2 Å². The van der Waals surface area contributed by atoms with Crippen molar-refractivity contribution in [3.05, 3.63) is 83.9 Å². The maximum atomic E-state index is 13.4. The lowest BCUT2D eigenvalue weighted by molar-refractivity contribution is -0.153. The van der Waals surface area contributed by atoms with E-state index in [1.807, 2.05) is 93.6 Å². The van der Waals surface area contributed by atoms with Crippen LogP contribution in [-0.4, -0.2) is 59.7 Å². The number of fused-ring (bicyclic) bond motifs is 1. The van der Waals surface area contributed by atoms with Crippen LogP contribution in [0.3, 0.4) is 0 Å². The van der Waals surface area contributed by atoms with Gasteiger partial charge in [-0.05, 0) is 46.2 Å². The van der Waals surface area contributed by atoms with Gasteiger partial charge >= 0.3 is 6.09 Å². The second-order valence-electron chi connectivity index (χ2n) is 12.4. The Bertz CT molecular complexity index is 1540. The summed E-state index contributed by atoms with van der Waals surface area (Å²) in [6.07, 6.45) is 0.0900. The van der Waals surface area contributed by atoms with Crippen LogP contribution in [0.15, 0.2) is 72.8 Å². The first-order chi connectivity index (χ1) is 22.0. The van der Waals surface area contributed by atoms with Gasteiger partial charge in [0.25, 0.3) is 5.91 Å². The van der Waals surface area contributed by atoms with E-state index in [0.717, 1.165) is 21.9 Å². The Balaban J connectivity index is 1.30. The lowest BCUT2D eigenvalue weighted by atomic mass is 9.91. The second kappa shape index (κ2) is 16.0. The number of ether oxygens (including phenoxy) is 1. The molecule has 1 saturated heterocycles. The van der Waals surface area contributed by atoms with Crippen LogP contribution in [0, 0.1) is 17.8 Å². The predicted octanol–water partition coefficient (Wildman–Crippen LogP) is 4.36. The van der Waals surface area contributed by atoms with Crippen molar-refractivity contribution < 1.29 is 28.7 Å². The molecule has 4 amide bonds. The van der Waals surface area contributed by atoms with E-state index >= 15 is 0 Å². The van der Waals surface area contributed by atoms with Gasteiger partial charge in [0.15, 0.2) is 0 Å². The summed E-state index contributed by atoms with van der Waals surface area (Å²) in [7, 11) is 0.